The van der Waals surface area contributed by atoms with Gasteiger partial charge < -0.3 is 8.98 Å². The van der Waals surface area contributed by atoms with Crippen molar-refractivity contribution in [3.05, 3.63) is 176 Å². The van der Waals surface area contributed by atoms with Crippen molar-refractivity contribution < 1.29 is 4.42 Å². The third-order valence-electron chi connectivity index (χ3n) is 10.4. The summed E-state index contributed by atoms with van der Waals surface area (Å²) in [6.45, 7) is 0. The summed E-state index contributed by atoms with van der Waals surface area (Å²) in [5.74, 6) is 0.706. The highest BCUT2D eigenvalue weighted by Gasteiger charge is 2.19. The van der Waals surface area contributed by atoms with Crippen LogP contribution in [0.1, 0.15) is 0 Å². The van der Waals surface area contributed by atoms with Gasteiger partial charge in [0.15, 0.2) is 5.82 Å². The molecule has 0 radical (unpaired) electrons. The van der Waals surface area contributed by atoms with Gasteiger partial charge in [0.25, 0.3) is 0 Å². The smallest absolute Gasteiger partial charge is 0.160 e. The molecule has 242 valence electrons. The number of hydrogen-bond donors (Lipinski definition) is 0. The molecular weight excluding hydrogens is 635 g/mol. The van der Waals surface area contributed by atoms with Crippen molar-refractivity contribution in [3.63, 3.8) is 0 Å². The summed E-state index contributed by atoms with van der Waals surface area (Å²) in [7, 11) is 0. The maximum absolute atomic E-state index is 6.68. The zero-order valence-electron chi connectivity index (χ0n) is 28.0. The van der Waals surface area contributed by atoms with Crippen molar-refractivity contribution in [2.75, 3.05) is 0 Å². The Bertz CT molecular complexity index is 3100. The molecule has 0 amide bonds. The van der Waals surface area contributed by atoms with E-state index in [1.165, 1.54) is 26.9 Å². The second-order valence-electron chi connectivity index (χ2n) is 13.4. The Morgan fingerprint density at radius 2 is 0.981 bits per heavy atom. The maximum atomic E-state index is 6.68. The predicted octanol–water partition coefficient (Wildman–Crippen LogP) is 12.8. The van der Waals surface area contributed by atoms with Crippen LogP contribution in [0.25, 0.3) is 105 Å². The third kappa shape index (κ3) is 4.48. The molecule has 0 aliphatic carbocycles. The van der Waals surface area contributed by atoms with Gasteiger partial charge in [0.1, 0.15) is 11.2 Å². The quantitative estimate of drug-likeness (QED) is 0.188. The number of furan rings is 1. The molecule has 0 saturated carbocycles. The second kappa shape index (κ2) is 11.2. The average Bonchev–Trinajstić information content (AvgIpc) is 3.74. The van der Waals surface area contributed by atoms with Gasteiger partial charge in [-0.05, 0) is 58.6 Å². The summed E-state index contributed by atoms with van der Waals surface area (Å²) >= 11 is 0. The fourth-order valence-corrected chi connectivity index (χ4v) is 7.83. The highest BCUT2D eigenvalue weighted by molar-refractivity contribution is 6.21. The van der Waals surface area contributed by atoms with Crippen LogP contribution in [-0.2, 0) is 0 Å². The van der Waals surface area contributed by atoms with Gasteiger partial charge in [-0.1, -0.05) is 127 Å². The first-order chi connectivity index (χ1) is 25.7. The molecule has 4 nitrogen and oxygen atoms in total. The van der Waals surface area contributed by atoms with E-state index in [2.05, 4.69) is 144 Å². The van der Waals surface area contributed by atoms with Crippen LogP contribution < -0.4 is 0 Å². The number of aromatic nitrogens is 3. The Morgan fingerprint density at radius 1 is 0.385 bits per heavy atom. The molecule has 3 aromatic heterocycles. The molecule has 0 saturated heterocycles. The molecule has 8 aromatic carbocycles. The minimum absolute atomic E-state index is 0.706. The van der Waals surface area contributed by atoms with Crippen molar-refractivity contribution in [3.8, 4) is 39.6 Å². The lowest BCUT2D eigenvalue weighted by molar-refractivity contribution is 0.673. The van der Waals surface area contributed by atoms with Crippen molar-refractivity contribution >= 4 is 65.3 Å². The fourth-order valence-electron chi connectivity index (χ4n) is 7.83. The van der Waals surface area contributed by atoms with E-state index in [4.69, 9.17) is 14.4 Å². The summed E-state index contributed by atoms with van der Waals surface area (Å²) in [5, 5.41) is 9.41. The highest BCUT2D eigenvalue weighted by atomic mass is 16.3. The van der Waals surface area contributed by atoms with Gasteiger partial charge in [-0.15, -0.1) is 0 Å². The molecule has 3 heterocycles. The first kappa shape index (κ1) is 28.8. The van der Waals surface area contributed by atoms with Crippen molar-refractivity contribution in [2.45, 2.75) is 0 Å². The summed E-state index contributed by atoms with van der Waals surface area (Å²) in [6, 6.07) is 62.0. The third-order valence-corrected chi connectivity index (χ3v) is 10.4. The van der Waals surface area contributed by atoms with E-state index in [1.807, 2.05) is 36.4 Å². The van der Waals surface area contributed by atoms with E-state index in [1.54, 1.807) is 0 Å². The largest absolute Gasteiger partial charge is 0.455 e. The van der Waals surface area contributed by atoms with Crippen molar-refractivity contribution in [1.82, 2.24) is 14.5 Å². The molecule has 4 heteroatoms. The van der Waals surface area contributed by atoms with Crippen LogP contribution in [-0.4, -0.2) is 14.5 Å². The Balaban J connectivity index is 1.12. The fraction of sp³-hybridized carbons (Fsp3) is 0. The number of benzene rings is 8. The van der Waals surface area contributed by atoms with E-state index in [9.17, 15) is 0 Å². The maximum Gasteiger partial charge on any atom is 0.160 e. The molecule has 11 aromatic rings. The molecule has 0 aliphatic heterocycles. The Morgan fingerprint density at radius 3 is 1.73 bits per heavy atom. The summed E-state index contributed by atoms with van der Waals surface area (Å²) in [6.07, 6.45) is 0. The molecule has 0 N–H and O–H groups in total. The number of nitrogens with zero attached hydrogens (tertiary/aromatic N) is 3. The lowest BCUT2D eigenvalue weighted by Crippen LogP contribution is -1.97. The Kier molecular flexibility index (Phi) is 6.22. The standard InChI is InChI=1S/C48H29N3O/c1-3-12-31(13-4-1)42-28-43(50-48(49-42)33-14-5-2-6-15-33)32-19-22-36(23-20-32)51-44-26-35-17-8-7-16-34(35)25-39(44)40-27-41-38-24-21-30-11-9-10-18-37(30)47(38)52-46(41)29-45(40)51/h1-29H. The molecule has 0 fully saturated rings. The van der Waals surface area contributed by atoms with Gasteiger partial charge in [-0.25, -0.2) is 9.97 Å². The van der Waals surface area contributed by atoms with Gasteiger partial charge in [0.05, 0.1) is 22.4 Å². The van der Waals surface area contributed by atoms with E-state index < -0.39 is 0 Å². The zero-order chi connectivity index (χ0) is 34.2. The van der Waals surface area contributed by atoms with Gasteiger partial charge in [0.2, 0.25) is 0 Å². The zero-order valence-corrected chi connectivity index (χ0v) is 28.0. The van der Waals surface area contributed by atoms with Crippen LogP contribution in [0, 0.1) is 0 Å². The molecule has 0 spiro atoms. The van der Waals surface area contributed by atoms with Crippen LogP contribution in [0.4, 0.5) is 0 Å². The minimum Gasteiger partial charge on any atom is -0.455 e. The first-order valence-electron chi connectivity index (χ1n) is 17.6. The van der Waals surface area contributed by atoms with E-state index in [-0.39, 0.29) is 0 Å². The Labute approximate surface area is 298 Å². The van der Waals surface area contributed by atoms with Crippen molar-refractivity contribution in [2.24, 2.45) is 0 Å². The SMILES string of the molecule is c1ccc(-c2cc(-c3ccc(-n4c5cc6ccccc6cc5c5cc6c(cc54)oc4c5ccccc5ccc64)cc3)nc(-c3ccccc3)n2)cc1. The molecule has 0 unspecified atom stereocenters. The Hall–Kier alpha value is -7.04. The number of rotatable bonds is 4. The van der Waals surface area contributed by atoms with Gasteiger partial charge in [-0.3, -0.25) is 0 Å². The second-order valence-corrected chi connectivity index (χ2v) is 13.4. The van der Waals surface area contributed by atoms with Gasteiger partial charge in [0, 0.05) is 55.4 Å². The summed E-state index contributed by atoms with van der Waals surface area (Å²) in [4.78, 5) is 10.1. The van der Waals surface area contributed by atoms with Crippen LogP contribution in [0.15, 0.2) is 180 Å². The summed E-state index contributed by atoms with van der Waals surface area (Å²) in [5.41, 5.74) is 9.99. The molecule has 0 bridgehead atoms. The monoisotopic (exact) mass is 663 g/mol. The molecule has 52 heavy (non-hydrogen) atoms. The first-order valence-corrected chi connectivity index (χ1v) is 17.6. The van der Waals surface area contributed by atoms with Crippen molar-refractivity contribution in [1.29, 1.82) is 0 Å². The summed E-state index contributed by atoms with van der Waals surface area (Å²) < 4.78 is 9.05. The number of fused-ring (bicyclic) bond motifs is 9. The molecule has 0 aliphatic rings. The predicted molar refractivity (Wildman–Crippen MR) is 215 cm³/mol. The van der Waals surface area contributed by atoms with E-state index in [0.717, 1.165) is 72.1 Å². The molecular formula is C48H29N3O. The molecule has 11 rings (SSSR count). The normalized spacial score (nSPS) is 11.8. The minimum atomic E-state index is 0.706. The topological polar surface area (TPSA) is 43.9 Å². The lowest BCUT2D eigenvalue weighted by Gasteiger charge is -2.11. The van der Waals surface area contributed by atoms with E-state index >= 15 is 0 Å². The van der Waals surface area contributed by atoms with Crippen LogP contribution in [0.2, 0.25) is 0 Å². The van der Waals surface area contributed by atoms with Gasteiger partial charge >= 0.3 is 0 Å². The van der Waals surface area contributed by atoms with Crippen LogP contribution in [0.3, 0.4) is 0 Å². The average molecular weight is 664 g/mol. The lowest BCUT2D eigenvalue weighted by atomic mass is 10.0. The van der Waals surface area contributed by atoms with Crippen LogP contribution >= 0.6 is 0 Å². The van der Waals surface area contributed by atoms with Gasteiger partial charge in [-0.2, -0.15) is 0 Å². The van der Waals surface area contributed by atoms with Crippen LogP contribution in [0.5, 0.6) is 0 Å². The number of hydrogen-bond acceptors (Lipinski definition) is 3. The molecule has 0 atom stereocenters. The highest BCUT2D eigenvalue weighted by Crippen LogP contribution is 2.41. The van der Waals surface area contributed by atoms with E-state index in [0.29, 0.717) is 5.82 Å².